The second-order valence-electron chi connectivity index (χ2n) is 5.73. The van der Waals surface area contributed by atoms with Gasteiger partial charge >= 0.3 is 0 Å². The first-order valence-electron chi connectivity index (χ1n) is 7.70. The summed E-state index contributed by atoms with van der Waals surface area (Å²) < 4.78 is 5.39. The third-order valence-electron chi connectivity index (χ3n) is 4.08. The molecule has 3 rings (SSSR count). The average molecular weight is 348 g/mol. The third-order valence-corrected chi connectivity index (χ3v) is 4.33. The molecule has 126 valence electrons. The minimum Gasteiger partial charge on any atom is -0.502 e. The van der Waals surface area contributed by atoms with E-state index in [4.69, 9.17) is 21.1 Å². The van der Waals surface area contributed by atoms with Gasteiger partial charge in [-0.1, -0.05) is 29.8 Å². The lowest BCUT2D eigenvalue weighted by Gasteiger charge is -2.26. The smallest absolute Gasteiger partial charge is 0.227 e. The molecule has 2 heterocycles. The normalized spacial score (nSPS) is 15.3. The zero-order valence-electron chi connectivity index (χ0n) is 13.0. The molecule has 6 heteroatoms. The molecule has 0 fully saturated rings. The maximum absolute atomic E-state index is 11.7. The van der Waals surface area contributed by atoms with Crippen LogP contribution in [0.15, 0.2) is 45.6 Å². The standard InChI is InChI=1S/C18H18ClNO4/c19-14-3-1-12(2-4-14)13-5-7-20(8-6-13)10-17-18(23)16(22)9-15(11-21)24-17/h1-5,9,21,23H,6-8,10-11H2. The Morgan fingerprint density at radius 2 is 2.00 bits per heavy atom. The summed E-state index contributed by atoms with van der Waals surface area (Å²) in [4.78, 5) is 13.7. The monoisotopic (exact) mass is 347 g/mol. The Bertz CT molecular complexity index is 811. The Balaban J connectivity index is 1.72. The Morgan fingerprint density at radius 3 is 2.62 bits per heavy atom. The Labute approximate surface area is 144 Å². The van der Waals surface area contributed by atoms with Gasteiger partial charge in [-0.25, -0.2) is 0 Å². The molecule has 0 spiro atoms. The van der Waals surface area contributed by atoms with Crippen LogP contribution in [0.5, 0.6) is 5.75 Å². The van der Waals surface area contributed by atoms with E-state index >= 15 is 0 Å². The molecule has 0 aliphatic carbocycles. The summed E-state index contributed by atoms with van der Waals surface area (Å²) in [7, 11) is 0. The highest BCUT2D eigenvalue weighted by atomic mass is 35.5. The van der Waals surface area contributed by atoms with E-state index in [1.807, 2.05) is 24.3 Å². The number of nitrogens with zero attached hydrogens (tertiary/aromatic N) is 1. The average Bonchev–Trinajstić information content (AvgIpc) is 2.60. The van der Waals surface area contributed by atoms with Crippen molar-refractivity contribution in [3.63, 3.8) is 0 Å². The molecule has 0 amide bonds. The van der Waals surface area contributed by atoms with Crippen LogP contribution in [-0.4, -0.2) is 28.2 Å². The molecule has 24 heavy (non-hydrogen) atoms. The van der Waals surface area contributed by atoms with Crippen molar-refractivity contribution in [1.29, 1.82) is 0 Å². The lowest BCUT2D eigenvalue weighted by Crippen LogP contribution is -2.28. The summed E-state index contributed by atoms with van der Waals surface area (Å²) in [6, 6.07) is 8.85. The van der Waals surface area contributed by atoms with E-state index in [0.717, 1.165) is 24.6 Å². The van der Waals surface area contributed by atoms with Crippen molar-refractivity contribution in [2.24, 2.45) is 0 Å². The van der Waals surface area contributed by atoms with Crippen LogP contribution in [0.2, 0.25) is 5.02 Å². The molecule has 0 saturated carbocycles. The number of halogens is 1. The molecule has 2 aromatic rings. The molecule has 0 saturated heterocycles. The largest absolute Gasteiger partial charge is 0.502 e. The van der Waals surface area contributed by atoms with Crippen molar-refractivity contribution in [3.8, 4) is 5.75 Å². The van der Waals surface area contributed by atoms with Gasteiger partial charge in [0.2, 0.25) is 11.2 Å². The first-order chi connectivity index (χ1) is 11.6. The number of hydrogen-bond donors (Lipinski definition) is 2. The number of aromatic hydroxyl groups is 1. The summed E-state index contributed by atoms with van der Waals surface area (Å²) in [5.41, 5.74) is 1.86. The molecule has 0 atom stereocenters. The minimum atomic E-state index is -0.533. The molecule has 0 unspecified atom stereocenters. The topological polar surface area (TPSA) is 73.9 Å². The van der Waals surface area contributed by atoms with Crippen LogP contribution >= 0.6 is 11.6 Å². The predicted octanol–water partition coefficient (Wildman–Crippen LogP) is 2.78. The molecule has 0 radical (unpaired) electrons. The SMILES string of the molecule is O=c1cc(CO)oc(CN2CC=C(c3ccc(Cl)cc3)CC2)c1O. The fourth-order valence-electron chi connectivity index (χ4n) is 2.76. The van der Waals surface area contributed by atoms with Gasteiger partial charge in [0.15, 0.2) is 5.76 Å². The molecule has 1 aromatic carbocycles. The van der Waals surface area contributed by atoms with E-state index < -0.39 is 5.43 Å². The highest BCUT2D eigenvalue weighted by Gasteiger charge is 2.18. The Kier molecular flexibility index (Phi) is 5.04. The van der Waals surface area contributed by atoms with Crippen LogP contribution in [-0.2, 0) is 13.2 Å². The zero-order valence-corrected chi connectivity index (χ0v) is 13.8. The van der Waals surface area contributed by atoms with Gasteiger partial charge < -0.3 is 14.6 Å². The van der Waals surface area contributed by atoms with Crippen LogP contribution < -0.4 is 5.43 Å². The molecule has 5 nitrogen and oxygen atoms in total. The molecule has 1 aromatic heterocycles. The number of benzene rings is 1. The second-order valence-corrected chi connectivity index (χ2v) is 6.16. The molecule has 1 aliphatic rings. The zero-order chi connectivity index (χ0) is 17.1. The maximum atomic E-state index is 11.7. The van der Waals surface area contributed by atoms with E-state index in [9.17, 15) is 9.90 Å². The van der Waals surface area contributed by atoms with E-state index in [1.54, 1.807) is 0 Å². The predicted molar refractivity (Wildman–Crippen MR) is 91.9 cm³/mol. The number of aliphatic hydroxyl groups is 1. The first kappa shape index (κ1) is 16.8. The van der Waals surface area contributed by atoms with Gasteiger partial charge in [0, 0.05) is 24.2 Å². The van der Waals surface area contributed by atoms with Gasteiger partial charge in [0.1, 0.15) is 12.4 Å². The van der Waals surface area contributed by atoms with E-state index in [-0.39, 0.29) is 23.9 Å². The quantitative estimate of drug-likeness (QED) is 0.889. The second kappa shape index (κ2) is 7.21. The molecular weight excluding hydrogens is 330 g/mol. The fourth-order valence-corrected chi connectivity index (χ4v) is 2.88. The van der Waals surface area contributed by atoms with Crippen LogP contribution in [0.25, 0.3) is 5.57 Å². The van der Waals surface area contributed by atoms with Crippen molar-refractivity contribution in [2.45, 2.75) is 19.6 Å². The summed E-state index contributed by atoms with van der Waals surface area (Å²) >= 11 is 5.91. The Hall–Kier alpha value is -2.08. The van der Waals surface area contributed by atoms with Crippen LogP contribution in [0, 0.1) is 0 Å². The highest BCUT2D eigenvalue weighted by molar-refractivity contribution is 6.30. The van der Waals surface area contributed by atoms with Crippen molar-refractivity contribution >= 4 is 17.2 Å². The first-order valence-corrected chi connectivity index (χ1v) is 8.07. The van der Waals surface area contributed by atoms with Gasteiger partial charge in [-0.15, -0.1) is 0 Å². The van der Waals surface area contributed by atoms with Crippen LogP contribution in [0.3, 0.4) is 0 Å². The van der Waals surface area contributed by atoms with Crippen LogP contribution in [0.4, 0.5) is 0 Å². The van der Waals surface area contributed by atoms with Crippen molar-refractivity contribution in [3.05, 3.63) is 68.7 Å². The molecule has 1 aliphatic heterocycles. The van der Waals surface area contributed by atoms with Gasteiger partial charge in [-0.2, -0.15) is 0 Å². The summed E-state index contributed by atoms with van der Waals surface area (Å²) in [5.74, 6) is -0.0447. The number of aliphatic hydroxyl groups excluding tert-OH is 1. The van der Waals surface area contributed by atoms with Gasteiger partial charge in [-0.3, -0.25) is 9.69 Å². The summed E-state index contributed by atoms with van der Waals surface area (Å²) in [6.07, 6.45) is 2.98. The summed E-state index contributed by atoms with van der Waals surface area (Å²) in [6.45, 7) is 1.41. The van der Waals surface area contributed by atoms with E-state index in [2.05, 4.69) is 11.0 Å². The molecule has 2 N–H and O–H groups in total. The van der Waals surface area contributed by atoms with Crippen molar-refractivity contribution in [2.75, 3.05) is 13.1 Å². The number of hydrogen-bond acceptors (Lipinski definition) is 5. The third kappa shape index (κ3) is 3.70. The number of rotatable bonds is 4. The lowest BCUT2D eigenvalue weighted by atomic mass is 9.99. The van der Waals surface area contributed by atoms with Crippen molar-refractivity contribution in [1.82, 2.24) is 4.90 Å². The van der Waals surface area contributed by atoms with Crippen LogP contribution in [0.1, 0.15) is 23.5 Å². The lowest BCUT2D eigenvalue weighted by molar-refractivity contribution is 0.213. The molecule has 0 bridgehead atoms. The maximum Gasteiger partial charge on any atom is 0.227 e. The summed E-state index contributed by atoms with van der Waals surface area (Å²) in [5, 5.41) is 19.7. The van der Waals surface area contributed by atoms with E-state index in [0.29, 0.717) is 18.1 Å². The Morgan fingerprint density at radius 1 is 1.25 bits per heavy atom. The van der Waals surface area contributed by atoms with Gasteiger partial charge in [0.05, 0.1) is 6.54 Å². The fraction of sp³-hybridized carbons (Fsp3) is 0.278. The highest BCUT2D eigenvalue weighted by Crippen LogP contribution is 2.25. The van der Waals surface area contributed by atoms with Crippen molar-refractivity contribution < 1.29 is 14.6 Å². The van der Waals surface area contributed by atoms with Gasteiger partial charge in [0.25, 0.3) is 0 Å². The van der Waals surface area contributed by atoms with Gasteiger partial charge in [-0.05, 0) is 29.7 Å². The van der Waals surface area contributed by atoms with E-state index in [1.165, 1.54) is 5.57 Å². The molecular formula is C18H18ClNO4. The minimum absolute atomic E-state index is 0.155.